The summed E-state index contributed by atoms with van der Waals surface area (Å²) in [6.45, 7) is 1.79. The minimum atomic E-state index is -0.272. The quantitative estimate of drug-likeness (QED) is 0.641. The Balaban J connectivity index is 2.61. The van der Waals surface area contributed by atoms with Gasteiger partial charge in [0.1, 0.15) is 5.83 Å². The van der Waals surface area contributed by atoms with Gasteiger partial charge in [0.25, 0.3) is 0 Å². The number of fused-ring (bicyclic) bond motifs is 1. The molecule has 0 spiro atoms. The molecule has 0 fully saturated rings. The van der Waals surface area contributed by atoms with Crippen molar-refractivity contribution in [2.45, 2.75) is 17.1 Å². The smallest absolute Gasteiger partial charge is 0.132 e. The summed E-state index contributed by atoms with van der Waals surface area (Å²) in [7, 11) is 0. The summed E-state index contributed by atoms with van der Waals surface area (Å²) in [6.07, 6.45) is 0. The third kappa shape index (κ3) is 1.67. The zero-order chi connectivity index (χ0) is 10.3. The summed E-state index contributed by atoms with van der Waals surface area (Å²) in [4.78, 5) is 0.980. The molecule has 0 radical (unpaired) electrons. The Labute approximate surface area is 96.1 Å². The molecule has 1 atom stereocenters. The summed E-state index contributed by atoms with van der Waals surface area (Å²) in [6, 6.07) is 5.35. The molecule has 0 amide bonds. The average molecular weight is 249 g/mol. The lowest BCUT2D eigenvalue weighted by molar-refractivity contribution is 0.615. The molecular formula is C10H7Cl2FS. The molecule has 1 heterocycles. The first-order chi connectivity index (χ1) is 6.59. The van der Waals surface area contributed by atoms with Crippen molar-refractivity contribution in [1.82, 2.24) is 0 Å². The zero-order valence-corrected chi connectivity index (χ0v) is 9.68. The van der Waals surface area contributed by atoms with Crippen LogP contribution >= 0.6 is 35.0 Å². The summed E-state index contributed by atoms with van der Waals surface area (Å²) >= 11 is 13.2. The lowest BCUT2D eigenvalue weighted by atomic mass is 10.1. The Morgan fingerprint density at radius 1 is 1.36 bits per heavy atom. The van der Waals surface area contributed by atoms with E-state index in [4.69, 9.17) is 23.2 Å². The fraction of sp³-hybridized carbons (Fsp3) is 0.200. The summed E-state index contributed by atoms with van der Waals surface area (Å²) in [5, 5.41) is 0.551. The number of halogens is 3. The van der Waals surface area contributed by atoms with Crippen molar-refractivity contribution in [1.29, 1.82) is 0 Å². The predicted octanol–water partition coefficient (Wildman–Crippen LogP) is 4.71. The average Bonchev–Trinajstić information content (AvgIpc) is 2.16. The van der Waals surface area contributed by atoms with Crippen LogP contribution in [0, 0.1) is 0 Å². The van der Waals surface area contributed by atoms with E-state index in [1.165, 1.54) is 11.8 Å². The standard InChI is InChI=1S/C10H7Cl2FS/c1-5-10(13)9(12)7-4-6(11)2-3-8(7)14-5/h2-5H,1H3. The van der Waals surface area contributed by atoms with Crippen LogP contribution in [0.2, 0.25) is 5.02 Å². The van der Waals surface area contributed by atoms with Crippen LogP contribution in [0.15, 0.2) is 28.9 Å². The monoisotopic (exact) mass is 248 g/mol. The summed E-state index contributed by atoms with van der Waals surface area (Å²) < 4.78 is 13.5. The van der Waals surface area contributed by atoms with E-state index in [1.54, 1.807) is 19.1 Å². The molecule has 1 aliphatic heterocycles. The van der Waals surface area contributed by atoms with E-state index >= 15 is 0 Å². The molecule has 0 aliphatic carbocycles. The van der Waals surface area contributed by atoms with Crippen LogP contribution in [-0.2, 0) is 0 Å². The van der Waals surface area contributed by atoms with Gasteiger partial charge in [-0.15, -0.1) is 11.8 Å². The Morgan fingerprint density at radius 3 is 2.79 bits per heavy atom. The molecule has 4 heteroatoms. The largest absolute Gasteiger partial charge is 0.209 e. The maximum atomic E-state index is 13.5. The fourth-order valence-electron chi connectivity index (χ4n) is 1.33. The SMILES string of the molecule is CC1Sc2ccc(Cl)cc2C(Cl)=C1F. The van der Waals surface area contributed by atoms with E-state index in [0.29, 0.717) is 10.6 Å². The van der Waals surface area contributed by atoms with Gasteiger partial charge >= 0.3 is 0 Å². The van der Waals surface area contributed by atoms with E-state index in [2.05, 4.69) is 0 Å². The first-order valence-corrected chi connectivity index (χ1v) is 5.75. The number of rotatable bonds is 0. The second kappa shape index (κ2) is 3.76. The van der Waals surface area contributed by atoms with Crippen LogP contribution in [-0.4, -0.2) is 5.25 Å². The molecule has 1 aromatic rings. The van der Waals surface area contributed by atoms with E-state index in [0.717, 1.165) is 4.90 Å². The third-order valence-electron chi connectivity index (χ3n) is 2.05. The Kier molecular flexibility index (Phi) is 2.78. The van der Waals surface area contributed by atoms with Crippen LogP contribution in [0.5, 0.6) is 0 Å². The molecular weight excluding hydrogens is 242 g/mol. The van der Waals surface area contributed by atoms with Gasteiger partial charge in [0, 0.05) is 15.5 Å². The lowest BCUT2D eigenvalue weighted by Crippen LogP contribution is -2.05. The molecule has 0 N–H and O–H groups in total. The van der Waals surface area contributed by atoms with Crippen LogP contribution in [0.1, 0.15) is 12.5 Å². The zero-order valence-electron chi connectivity index (χ0n) is 7.35. The van der Waals surface area contributed by atoms with Gasteiger partial charge in [-0.1, -0.05) is 23.2 Å². The van der Waals surface area contributed by atoms with Gasteiger partial charge in [-0.25, -0.2) is 4.39 Å². The van der Waals surface area contributed by atoms with E-state index in [9.17, 15) is 4.39 Å². The van der Waals surface area contributed by atoms with Crippen LogP contribution in [0.25, 0.3) is 5.03 Å². The molecule has 74 valence electrons. The van der Waals surface area contributed by atoms with Crippen molar-refractivity contribution >= 4 is 40.0 Å². The van der Waals surface area contributed by atoms with Gasteiger partial charge in [-0.2, -0.15) is 0 Å². The maximum absolute atomic E-state index is 13.5. The van der Waals surface area contributed by atoms with Gasteiger partial charge < -0.3 is 0 Å². The van der Waals surface area contributed by atoms with Crippen LogP contribution in [0.3, 0.4) is 0 Å². The molecule has 2 rings (SSSR count). The number of benzene rings is 1. The summed E-state index contributed by atoms with van der Waals surface area (Å²) in [5.74, 6) is -0.272. The highest BCUT2D eigenvalue weighted by Crippen LogP contribution is 2.44. The highest BCUT2D eigenvalue weighted by molar-refractivity contribution is 8.00. The van der Waals surface area contributed by atoms with Crippen molar-refractivity contribution < 1.29 is 4.39 Å². The maximum Gasteiger partial charge on any atom is 0.132 e. The van der Waals surface area contributed by atoms with Crippen molar-refractivity contribution in [2.75, 3.05) is 0 Å². The number of hydrogen-bond donors (Lipinski definition) is 0. The van der Waals surface area contributed by atoms with E-state index in [-0.39, 0.29) is 16.1 Å². The Bertz CT molecular complexity index is 415. The highest BCUT2D eigenvalue weighted by atomic mass is 35.5. The van der Waals surface area contributed by atoms with E-state index in [1.807, 2.05) is 6.07 Å². The van der Waals surface area contributed by atoms with Gasteiger partial charge in [0.05, 0.1) is 10.3 Å². The fourth-order valence-corrected chi connectivity index (χ4v) is 2.98. The first-order valence-electron chi connectivity index (χ1n) is 4.11. The van der Waals surface area contributed by atoms with Crippen molar-refractivity contribution in [3.8, 4) is 0 Å². The minimum absolute atomic E-state index is 0.189. The third-order valence-corrected chi connectivity index (χ3v) is 3.84. The lowest BCUT2D eigenvalue weighted by Gasteiger charge is -2.20. The molecule has 0 bridgehead atoms. The van der Waals surface area contributed by atoms with Gasteiger partial charge in [0.15, 0.2) is 0 Å². The molecule has 0 aromatic heterocycles. The first kappa shape index (κ1) is 10.3. The van der Waals surface area contributed by atoms with Crippen molar-refractivity contribution in [3.05, 3.63) is 34.6 Å². The Morgan fingerprint density at radius 2 is 2.07 bits per heavy atom. The van der Waals surface area contributed by atoms with Gasteiger partial charge in [-0.05, 0) is 25.1 Å². The Hall–Kier alpha value is -0.180. The molecule has 0 saturated carbocycles. The minimum Gasteiger partial charge on any atom is -0.209 e. The van der Waals surface area contributed by atoms with Crippen LogP contribution < -0.4 is 0 Å². The number of thioether (sulfide) groups is 1. The highest BCUT2D eigenvalue weighted by Gasteiger charge is 2.24. The number of hydrogen-bond acceptors (Lipinski definition) is 1. The van der Waals surface area contributed by atoms with Gasteiger partial charge in [0.2, 0.25) is 0 Å². The molecule has 14 heavy (non-hydrogen) atoms. The summed E-state index contributed by atoms with van der Waals surface area (Å²) in [5.41, 5.74) is 0.694. The predicted molar refractivity (Wildman–Crippen MR) is 60.7 cm³/mol. The molecule has 1 aliphatic rings. The topological polar surface area (TPSA) is 0 Å². The van der Waals surface area contributed by atoms with E-state index < -0.39 is 0 Å². The molecule has 0 saturated heterocycles. The second-order valence-corrected chi connectivity index (χ2v) is 5.26. The normalized spacial score (nSPS) is 21.0. The molecule has 1 unspecified atom stereocenters. The van der Waals surface area contributed by atoms with Crippen molar-refractivity contribution in [2.24, 2.45) is 0 Å². The van der Waals surface area contributed by atoms with Gasteiger partial charge in [-0.3, -0.25) is 0 Å². The molecule has 1 aromatic carbocycles. The van der Waals surface area contributed by atoms with Crippen molar-refractivity contribution in [3.63, 3.8) is 0 Å². The van der Waals surface area contributed by atoms with Crippen LogP contribution in [0.4, 0.5) is 4.39 Å². The molecule has 0 nitrogen and oxygen atoms in total. The second-order valence-electron chi connectivity index (χ2n) is 3.06.